The Balaban J connectivity index is 2.09. The van der Waals surface area contributed by atoms with Gasteiger partial charge in [-0.05, 0) is 32.1 Å². The maximum atomic E-state index is 11.7. The van der Waals surface area contributed by atoms with E-state index in [1.54, 1.807) is 0 Å². The van der Waals surface area contributed by atoms with E-state index in [9.17, 15) is 9.90 Å². The number of hydrazine groups is 1. The molecule has 13 heavy (non-hydrogen) atoms. The van der Waals surface area contributed by atoms with E-state index in [-0.39, 0.29) is 17.4 Å². The zero-order valence-electron chi connectivity index (χ0n) is 7.70. The molecule has 0 unspecified atom stereocenters. The zero-order valence-corrected chi connectivity index (χ0v) is 7.70. The monoisotopic (exact) mass is 184 g/mol. The minimum absolute atomic E-state index is 0.0828. The van der Waals surface area contributed by atoms with Crippen LogP contribution in [0.5, 0.6) is 0 Å². The smallest absolute Gasteiger partial charge is 0.242 e. The van der Waals surface area contributed by atoms with Gasteiger partial charge in [-0.2, -0.15) is 0 Å². The van der Waals surface area contributed by atoms with Crippen molar-refractivity contribution in [2.45, 2.75) is 38.2 Å². The van der Waals surface area contributed by atoms with Crippen molar-refractivity contribution in [3.63, 3.8) is 0 Å². The van der Waals surface area contributed by atoms with E-state index in [1.807, 2.05) is 0 Å². The van der Waals surface area contributed by atoms with Crippen LogP contribution < -0.4 is 5.84 Å². The second kappa shape index (κ2) is 2.96. The van der Waals surface area contributed by atoms with Crippen LogP contribution in [0.2, 0.25) is 0 Å². The molecule has 1 aliphatic carbocycles. The topological polar surface area (TPSA) is 66.6 Å². The van der Waals surface area contributed by atoms with Gasteiger partial charge in [0.2, 0.25) is 5.91 Å². The first-order valence-electron chi connectivity index (χ1n) is 4.89. The number of aliphatic hydroxyl groups excluding tert-OH is 1. The second-order valence-electron chi connectivity index (χ2n) is 4.26. The summed E-state index contributed by atoms with van der Waals surface area (Å²) in [6.45, 7) is 0.676. The van der Waals surface area contributed by atoms with Crippen molar-refractivity contribution in [2.24, 2.45) is 11.3 Å². The van der Waals surface area contributed by atoms with Crippen LogP contribution in [0.15, 0.2) is 0 Å². The summed E-state index contributed by atoms with van der Waals surface area (Å²) in [5.41, 5.74) is -0.214. The number of amides is 1. The van der Waals surface area contributed by atoms with E-state index in [4.69, 9.17) is 5.84 Å². The lowest BCUT2D eigenvalue weighted by molar-refractivity contribution is -0.138. The fraction of sp³-hybridized carbons (Fsp3) is 0.889. The van der Waals surface area contributed by atoms with Gasteiger partial charge in [0.1, 0.15) is 0 Å². The predicted molar refractivity (Wildman–Crippen MR) is 47.4 cm³/mol. The third kappa shape index (κ3) is 1.34. The lowest BCUT2D eigenvalue weighted by atomic mass is 9.72. The Hall–Kier alpha value is -0.610. The molecule has 4 heteroatoms. The Kier molecular flexibility index (Phi) is 2.04. The van der Waals surface area contributed by atoms with Crippen molar-refractivity contribution in [3.05, 3.63) is 0 Å². The van der Waals surface area contributed by atoms with Gasteiger partial charge in [-0.3, -0.25) is 9.80 Å². The minimum Gasteiger partial charge on any atom is -0.393 e. The predicted octanol–water partition coefficient (Wildman–Crippen LogP) is 0.0137. The molecule has 74 valence electrons. The summed E-state index contributed by atoms with van der Waals surface area (Å²) < 4.78 is 0. The van der Waals surface area contributed by atoms with Crippen LogP contribution in [0, 0.1) is 5.41 Å². The maximum absolute atomic E-state index is 11.7. The highest BCUT2D eigenvalue weighted by atomic mass is 16.3. The lowest BCUT2D eigenvalue weighted by Gasteiger charge is -2.33. The number of rotatable bonds is 0. The van der Waals surface area contributed by atoms with Crippen LogP contribution in [0.25, 0.3) is 0 Å². The Bertz CT molecular complexity index is 222. The Morgan fingerprint density at radius 2 is 2.00 bits per heavy atom. The second-order valence-corrected chi connectivity index (χ2v) is 4.26. The molecule has 1 heterocycles. The summed E-state index contributed by atoms with van der Waals surface area (Å²) in [5, 5.41) is 10.7. The largest absolute Gasteiger partial charge is 0.393 e. The molecular weight excluding hydrogens is 168 g/mol. The van der Waals surface area contributed by atoms with E-state index in [0.717, 1.165) is 32.1 Å². The van der Waals surface area contributed by atoms with Gasteiger partial charge in [0.15, 0.2) is 0 Å². The fourth-order valence-corrected chi connectivity index (χ4v) is 2.47. The van der Waals surface area contributed by atoms with Crippen LogP contribution in [0.3, 0.4) is 0 Å². The van der Waals surface area contributed by atoms with Gasteiger partial charge in [0.25, 0.3) is 0 Å². The number of carbonyl (C=O) groups is 1. The molecule has 2 fully saturated rings. The summed E-state index contributed by atoms with van der Waals surface area (Å²) in [6.07, 6.45) is 3.78. The van der Waals surface area contributed by atoms with Crippen molar-refractivity contribution in [3.8, 4) is 0 Å². The average Bonchev–Trinajstić information content (AvgIpc) is 2.40. The van der Waals surface area contributed by atoms with Crippen LogP contribution in [0.1, 0.15) is 32.1 Å². The first-order chi connectivity index (χ1) is 6.14. The molecule has 2 aliphatic rings. The van der Waals surface area contributed by atoms with Gasteiger partial charge in [-0.1, -0.05) is 0 Å². The molecule has 1 saturated carbocycles. The maximum Gasteiger partial charge on any atom is 0.242 e. The van der Waals surface area contributed by atoms with Crippen LogP contribution in [0.4, 0.5) is 0 Å². The highest BCUT2D eigenvalue weighted by Crippen LogP contribution is 2.43. The normalized spacial score (nSPS) is 40.3. The van der Waals surface area contributed by atoms with Gasteiger partial charge in [0, 0.05) is 6.54 Å². The fourth-order valence-electron chi connectivity index (χ4n) is 2.47. The van der Waals surface area contributed by atoms with Gasteiger partial charge < -0.3 is 5.11 Å². The molecule has 1 saturated heterocycles. The SMILES string of the molecule is NN1CCC2(CCC(O)CC2)C1=O. The van der Waals surface area contributed by atoms with Crippen molar-refractivity contribution >= 4 is 5.91 Å². The molecule has 1 spiro atoms. The third-order valence-corrected chi connectivity index (χ3v) is 3.46. The van der Waals surface area contributed by atoms with E-state index in [2.05, 4.69) is 0 Å². The van der Waals surface area contributed by atoms with Crippen LogP contribution in [-0.4, -0.2) is 28.7 Å². The Labute approximate surface area is 77.7 Å². The Morgan fingerprint density at radius 1 is 1.38 bits per heavy atom. The molecule has 0 aromatic heterocycles. The number of carbonyl (C=O) groups excluding carboxylic acids is 1. The number of hydrogen-bond donors (Lipinski definition) is 2. The van der Waals surface area contributed by atoms with Gasteiger partial charge >= 0.3 is 0 Å². The molecule has 0 bridgehead atoms. The number of nitrogens with two attached hydrogens (primary N) is 1. The quantitative estimate of drug-likeness (QED) is 0.412. The Morgan fingerprint density at radius 3 is 2.46 bits per heavy atom. The molecule has 0 aromatic rings. The van der Waals surface area contributed by atoms with Gasteiger partial charge in [-0.15, -0.1) is 0 Å². The first-order valence-corrected chi connectivity index (χ1v) is 4.89. The standard InChI is InChI=1S/C9H16N2O2/c10-11-6-5-9(8(11)13)3-1-7(12)2-4-9/h7,12H,1-6,10H2. The molecule has 1 aliphatic heterocycles. The average molecular weight is 184 g/mol. The lowest BCUT2D eigenvalue weighted by Crippen LogP contribution is -2.41. The summed E-state index contributed by atoms with van der Waals surface area (Å²) in [7, 11) is 0. The summed E-state index contributed by atoms with van der Waals surface area (Å²) >= 11 is 0. The van der Waals surface area contributed by atoms with E-state index < -0.39 is 0 Å². The first kappa shape index (κ1) is 8.97. The van der Waals surface area contributed by atoms with Crippen molar-refractivity contribution in [1.82, 2.24) is 5.01 Å². The van der Waals surface area contributed by atoms with E-state index >= 15 is 0 Å². The molecule has 1 amide bonds. The van der Waals surface area contributed by atoms with Crippen molar-refractivity contribution in [2.75, 3.05) is 6.54 Å². The zero-order chi connectivity index (χ0) is 9.47. The summed E-state index contributed by atoms with van der Waals surface area (Å²) in [4.78, 5) is 11.7. The van der Waals surface area contributed by atoms with Crippen LogP contribution >= 0.6 is 0 Å². The third-order valence-electron chi connectivity index (χ3n) is 3.46. The summed E-state index contributed by atoms with van der Waals surface area (Å²) in [6, 6.07) is 0. The number of aliphatic hydroxyl groups is 1. The number of nitrogens with zero attached hydrogens (tertiary/aromatic N) is 1. The van der Waals surface area contributed by atoms with Gasteiger partial charge in [-0.25, -0.2) is 5.84 Å². The molecule has 3 N–H and O–H groups in total. The number of hydrogen-bond acceptors (Lipinski definition) is 3. The highest BCUT2D eigenvalue weighted by molar-refractivity contribution is 5.84. The van der Waals surface area contributed by atoms with Crippen molar-refractivity contribution in [1.29, 1.82) is 0 Å². The van der Waals surface area contributed by atoms with Crippen LogP contribution in [-0.2, 0) is 4.79 Å². The molecule has 4 nitrogen and oxygen atoms in total. The highest BCUT2D eigenvalue weighted by Gasteiger charge is 2.47. The minimum atomic E-state index is -0.214. The van der Waals surface area contributed by atoms with Crippen molar-refractivity contribution < 1.29 is 9.90 Å². The molecule has 0 radical (unpaired) electrons. The molecule has 0 aromatic carbocycles. The molecular formula is C9H16N2O2. The van der Waals surface area contributed by atoms with E-state index in [1.165, 1.54) is 5.01 Å². The molecule has 0 atom stereocenters. The summed E-state index contributed by atoms with van der Waals surface area (Å²) in [5.74, 6) is 5.62. The molecule has 2 rings (SSSR count). The van der Waals surface area contributed by atoms with Gasteiger partial charge in [0.05, 0.1) is 11.5 Å². The van der Waals surface area contributed by atoms with E-state index in [0.29, 0.717) is 6.54 Å².